The van der Waals surface area contributed by atoms with Gasteiger partial charge in [-0.15, -0.1) is 11.3 Å². The third-order valence-corrected chi connectivity index (χ3v) is 6.78. The van der Waals surface area contributed by atoms with Crippen molar-refractivity contribution in [1.29, 1.82) is 0 Å². The van der Waals surface area contributed by atoms with Crippen LogP contribution in [-0.4, -0.2) is 20.6 Å². The maximum atomic E-state index is 13.0. The normalized spacial score (nSPS) is 14.6. The first-order valence-corrected chi connectivity index (χ1v) is 12.7. The van der Waals surface area contributed by atoms with Gasteiger partial charge in [-0.2, -0.15) is 0 Å². The lowest BCUT2D eigenvalue weighted by Crippen LogP contribution is -2.29. The fraction of sp³-hybridized carbons (Fsp3) is 0.261. The van der Waals surface area contributed by atoms with E-state index in [9.17, 15) is 13.2 Å². The van der Waals surface area contributed by atoms with Crippen LogP contribution in [0.4, 0.5) is 5.69 Å². The molecule has 0 saturated carbocycles. The summed E-state index contributed by atoms with van der Waals surface area (Å²) >= 11 is 1.61. The maximum Gasteiger partial charge on any atom is 0.252 e. The van der Waals surface area contributed by atoms with E-state index in [1.165, 1.54) is 24.0 Å². The quantitative estimate of drug-likeness (QED) is 0.592. The highest BCUT2D eigenvalue weighted by atomic mass is 32.2. The van der Waals surface area contributed by atoms with Gasteiger partial charge in [0.05, 0.1) is 12.3 Å². The zero-order chi connectivity index (χ0) is 21.1. The van der Waals surface area contributed by atoms with Gasteiger partial charge in [0.1, 0.15) is 0 Å². The van der Waals surface area contributed by atoms with Gasteiger partial charge in [0.2, 0.25) is 10.0 Å². The molecule has 0 fully saturated rings. The highest BCUT2D eigenvalue weighted by Crippen LogP contribution is 2.30. The Morgan fingerprint density at radius 1 is 1.00 bits per heavy atom. The number of hydrogen-bond donors (Lipinski definition) is 2. The number of fused-ring (bicyclic) bond motifs is 1. The van der Waals surface area contributed by atoms with Crippen molar-refractivity contribution in [3.63, 3.8) is 0 Å². The number of hydrogen-bond acceptors (Lipinski definition) is 4. The van der Waals surface area contributed by atoms with E-state index in [0.29, 0.717) is 11.3 Å². The van der Waals surface area contributed by atoms with E-state index >= 15 is 0 Å². The van der Waals surface area contributed by atoms with Crippen molar-refractivity contribution in [3.8, 4) is 0 Å². The first kappa shape index (κ1) is 20.6. The molecule has 1 aliphatic carbocycles. The summed E-state index contributed by atoms with van der Waals surface area (Å²) in [6, 6.07) is 16.8. The van der Waals surface area contributed by atoms with Gasteiger partial charge in [-0.3, -0.25) is 9.52 Å². The minimum absolute atomic E-state index is 0.247. The van der Waals surface area contributed by atoms with E-state index in [1.54, 1.807) is 35.6 Å². The van der Waals surface area contributed by atoms with Crippen LogP contribution in [0.1, 0.15) is 50.8 Å². The van der Waals surface area contributed by atoms with E-state index in [4.69, 9.17) is 0 Å². The fourth-order valence-electron chi connectivity index (χ4n) is 3.86. The molecule has 1 amide bonds. The van der Waals surface area contributed by atoms with E-state index in [1.807, 2.05) is 17.5 Å². The average molecular weight is 441 g/mol. The van der Waals surface area contributed by atoms with Crippen molar-refractivity contribution in [2.24, 2.45) is 0 Å². The molecular formula is C23H24N2O3S2. The van der Waals surface area contributed by atoms with Gasteiger partial charge in [-0.25, -0.2) is 8.42 Å². The Labute approximate surface area is 181 Å². The van der Waals surface area contributed by atoms with Crippen LogP contribution in [0.25, 0.3) is 0 Å². The Bertz CT molecular complexity index is 1150. The molecule has 1 aromatic heterocycles. The number of benzene rings is 2. The molecular weight excluding hydrogens is 416 g/mol. The Morgan fingerprint density at radius 3 is 2.53 bits per heavy atom. The summed E-state index contributed by atoms with van der Waals surface area (Å²) in [5.41, 5.74) is 4.61. The number of rotatable bonds is 6. The summed E-state index contributed by atoms with van der Waals surface area (Å²) in [5, 5.41) is 5.15. The van der Waals surface area contributed by atoms with E-state index < -0.39 is 10.0 Å². The van der Waals surface area contributed by atoms with Crippen molar-refractivity contribution in [1.82, 2.24) is 5.32 Å². The molecule has 156 valence electrons. The molecule has 0 bridgehead atoms. The number of anilines is 1. The first-order chi connectivity index (χ1) is 14.4. The first-order valence-electron chi connectivity index (χ1n) is 9.93. The number of thiophene rings is 1. The molecule has 2 aromatic carbocycles. The van der Waals surface area contributed by atoms with Gasteiger partial charge in [-0.05, 0) is 72.0 Å². The van der Waals surface area contributed by atoms with Gasteiger partial charge < -0.3 is 5.32 Å². The number of carbonyl (C=O) groups excluding carboxylic acids is 1. The molecule has 1 unspecified atom stereocenters. The third-order valence-electron chi connectivity index (χ3n) is 5.24. The summed E-state index contributed by atoms with van der Waals surface area (Å²) in [5.74, 6) is -0.247. The Kier molecular flexibility index (Phi) is 5.92. The highest BCUT2D eigenvalue weighted by Gasteiger charge is 2.21. The van der Waals surface area contributed by atoms with Crippen LogP contribution >= 0.6 is 11.3 Å². The fourth-order valence-corrected chi connectivity index (χ4v) is 5.22. The molecule has 1 aliphatic rings. The number of carbonyl (C=O) groups is 1. The molecule has 4 rings (SSSR count). The van der Waals surface area contributed by atoms with Crippen LogP contribution in [0.5, 0.6) is 0 Å². The molecule has 1 heterocycles. The Balaban J connectivity index is 1.62. The maximum absolute atomic E-state index is 13.0. The van der Waals surface area contributed by atoms with Crippen molar-refractivity contribution in [2.45, 2.75) is 31.7 Å². The molecule has 30 heavy (non-hydrogen) atoms. The van der Waals surface area contributed by atoms with E-state index in [2.05, 4.69) is 28.2 Å². The van der Waals surface area contributed by atoms with E-state index in [0.717, 1.165) is 29.5 Å². The van der Waals surface area contributed by atoms with Crippen LogP contribution in [0, 0.1) is 0 Å². The summed E-state index contributed by atoms with van der Waals surface area (Å²) < 4.78 is 25.4. The van der Waals surface area contributed by atoms with Crippen LogP contribution in [0.2, 0.25) is 0 Å². The second-order valence-corrected chi connectivity index (χ2v) is 10.3. The SMILES string of the molecule is CS(=O)(=O)Nc1cccc(C(=O)NC(c2ccc3c(c2)CCCC3)c2cccs2)c1. The molecule has 0 aliphatic heterocycles. The second kappa shape index (κ2) is 8.62. The van der Waals surface area contributed by atoms with Gasteiger partial charge in [0.25, 0.3) is 5.91 Å². The molecule has 2 N–H and O–H groups in total. The standard InChI is InChI=1S/C23H24N2O3S2/c1-30(27,28)25-20-9-4-8-19(15-20)23(26)24-22(21-10-5-13-29-21)18-12-11-16-6-2-3-7-17(16)14-18/h4-5,8-15,22,25H,2-3,6-7H2,1H3,(H,24,26). The molecule has 0 spiro atoms. The summed E-state index contributed by atoms with van der Waals surface area (Å²) in [6.45, 7) is 0. The van der Waals surface area contributed by atoms with Crippen LogP contribution < -0.4 is 10.0 Å². The lowest BCUT2D eigenvalue weighted by Gasteiger charge is -2.22. The second-order valence-electron chi connectivity index (χ2n) is 7.61. The molecule has 1 atom stereocenters. The number of nitrogens with one attached hydrogen (secondary N) is 2. The average Bonchev–Trinajstić information content (AvgIpc) is 3.25. The van der Waals surface area contributed by atoms with Gasteiger partial charge in [-0.1, -0.05) is 30.3 Å². The highest BCUT2D eigenvalue weighted by molar-refractivity contribution is 7.92. The lowest BCUT2D eigenvalue weighted by molar-refractivity contribution is 0.0943. The lowest BCUT2D eigenvalue weighted by atomic mass is 9.89. The summed E-state index contributed by atoms with van der Waals surface area (Å²) in [7, 11) is -3.41. The predicted octanol–water partition coefficient (Wildman–Crippen LogP) is 4.52. The summed E-state index contributed by atoms with van der Waals surface area (Å²) in [6.07, 6.45) is 5.71. The number of amides is 1. The molecule has 3 aromatic rings. The van der Waals surface area contributed by atoms with Crippen molar-refractivity contribution >= 4 is 33.0 Å². The molecule has 5 nitrogen and oxygen atoms in total. The zero-order valence-electron chi connectivity index (χ0n) is 16.7. The molecule has 0 saturated heterocycles. The molecule has 7 heteroatoms. The minimum atomic E-state index is -3.41. The van der Waals surface area contributed by atoms with Crippen molar-refractivity contribution < 1.29 is 13.2 Å². The number of aryl methyl sites for hydroxylation is 2. The Hall–Kier alpha value is -2.64. The topological polar surface area (TPSA) is 75.3 Å². The Morgan fingerprint density at radius 2 is 1.80 bits per heavy atom. The predicted molar refractivity (Wildman–Crippen MR) is 122 cm³/mol. The van der Waals surface area contributed by atoms with Gasteiger partial charge >= 0.3 is 0 Å². The minimum Gasteiger partial charge on any atom is -0.340 e. The van der Waals surface area contributed by atoms with Crippen LogP contribution in [-0.2, 0) is 22.9 Å². The zero-order valence-corrected chi connectivity index (χ0v) is 18.4. The van der Waals surface area contributed by atoms with E-state index in [-0.39, 0.29) is 11.9 Å². The van der Waals surface area contributed by atoms with Crippen LogP contribution in [0.15, 0.2) is 60.0 Å². The largest absolute Gasteiger partial charge is 0.340 e. The number of sulfonamides is 1. The van der Waals surface area contributed by atoms with Crippen molar-refractivity contribution in [2.75, 3.05) is 11.0 Å². The smallest absolute Gasteiger partial charge is 0.252 e. The third kappa shape index (κ3) is 4.91. The van der Waals surface area contributed by atoms with Gasteiger partial charge in [0.15, 0.2) is 0 Å². The van der Waals surface area contributed by atoms with Gasteiger partial charge in [0, 0.05) is 16.1 Å². The van der Waals surface area contributed by atoms with Crippen molar-refractivity contribution in [3.05, 3.63) is 87.1 Å². The summed E-state index contributed by atoms with van der Waals surface area (Å²) in [4.78, 5) is 14.1. The monoisotopic (exact) mass is 440 g/mol. The molecule has 0 radical (unpaired) electrons. The van der Waals surface area contributed by atoms with Crippen LogP contribution in [0.3, 0.4) is 0 Å².